The smallest absolute Gasteiger partial charge is 0.331 e. The second-order valence-corrected chi connectivity index (χ2v) is 7.07. The molecule has 2 aromatic heterocycles. The van der Waals surface area contributed by atoms with Crippen LogP contribution in [0.3, 0.4) is 0 Å². The molecule has 0 N–H and O–H groups in total. The van der Waals surface area contributed by atoms with Gasteiger partial charge in [-0.15, -0.1) is 23.1 Å². The van der Waals surface area contributed by atoms with Crippen LogP contribution in [0.5, 0.6) is 0 Å². The number of thioether (sulfide) groups is 1. The van der Waals surface area contributed by atoms with E-state index in [9.17, 15) is 13.6 Å². The van der Waals surface area contributed by atoms with Crippen molar-refractivity contribution in [2.24, 2.45) is 0 Å². The summed E-state index contributed by atoms with van der Waals surface area (Å²) in [7, 11) is 0. The summed E-state index contributed by atoms with van der Waals surface area (Å²) >= 11 is 7.82. The van der Waals surface area contributed by atoms with Crippen LogP contribution in [0.25, 0.3) is 11.4 Å². The van der Waals surface area contributed by atoms with Crippen LogP contribution in [0.15, 0.2) is 39.7 Å². The van der Waals surface area contributed by atoms with Gasteiger partial charge in [0.15, 0.2) is 5.78 Å². The molecule has 0 unspecified atom stereocenters. The van der Waals surface area contributed by atoms with Crippen LogP contribution < -0.4 is 0 Å². The Morgan fingerprint density at radius 3 is 2.68 bits per heavy atom. The lowest BCUT2D eigenvalue weighted by atomic mass is 10.1. The summed E-state index contributed by atoms with van der Waals surface area (Å²) < 4.78 is 30.2. The summed E-state index contributed by atoms with van der Waals surface area (Å²) in [5, 5.41) is 1.69. The third-order valence-corrected chi connectivity index (χ3v) is 4.86. The van der Waals surface area contributed by atoms with Gasteiger partial charge in [-0.3, -0.25) is 4.79 Å². The molecule has 3 rings (SSSR count). The Morgan fingerprint density at radius 1 is 1.32 bits per heavy atom. The van der Waals surface area contributed by atoms with Gasteiger partial charge in [0.25, 0.3) is 0 Å². The normalized spacial score (nSPS) is 11.6. The topological polar surface area (TPSA) is 68.9 Å². The van der Waals surface area contributed by atoms with Crippen LogP contribution in [0.4, 0.5) is 8.78 Å². The Kier molecular flexibility index (Phi) is 5.45. The number of hydrogen-bond donors (Lipinski definition) is 0. The minimum absolute atomic E-state index is 0.0211. The molecule has 0 aliphatic carbocycles. The summed E-state index contributed by atoms with van der Waals surface area (Å²) in [6.07, 6.45) is 0. The van der Waals surface area contributed by atoms with Gasteiger partial charge in [0.2, 0.25) is 5.82 Å². The van der Waals surface area contributed by atoms with E-state index in [1.165, 1.54) is 23.1 Å². The van der Waals surface area contributed by atoms with E-state index in [-0.39, 0.29) is 11.6 Å². The molecule has 0 aliphatic rings. The highest BCUT2D eigenvalue weighted by atomic mass is 35.5. The fourth-order valence-corrected chi connectivity index (χ4v) is 3.46. The van der Waals surface area contributed by atoms with Gasteiger partial charge in [-0.1, -0.05) is 29.4 Å². The number of rotatable bonds is 7. The van der Waals surface area contributed by atoms with Crippen molar-refractivity contribution in [2.45, 2.75) is 11.1 Å². The molecule has 0 aliphatic heterocycles. The first kappa shape index (κ1) is 18.0. The highest BCUT2D eigenvalue weighted by molar-refractivity contribution is 7.99. The Hall–Kier alpha value is -1.84. The molecule has 10 heteroatoms. The maximum atomic E-state index is 12.9. The van der Waals surface area contributed by atoms with Gasteiger partial charge in [-0.25, -0.2) is 4.98 Å². The molecule has 0 atom stereocenters. The van der Waals surface area contributed by atoms with Crippen molar-refractivity contribution in [3.63, 3.8) is 0 Å². The molecule has 0 spiro atoms. The second-order valence-electron chi connectivity index (χ2n) is 4.89. The van der Waals surface area contributed by atoms with E-state index in [0.29, 0.717) is 22.6 Å². The molecule has 25 heavy (non-hydrogen) atoms. The summed E-state index contributed by atoms with van der Waals surface area (Å²) in [6, 6.07) is 6.32. The van der Waals surface area contributed by atoms with Crippen LogP contribution in [-0.4, -0.2) is 26.7 Å². The molecule has 0 fully saturated rings. The van der Waals surface area contributed by atoms with Crippen LogP contribution in [0.2, 0.25) is 0 Å². The number of carbonyl (C=O) groups is 1. The van der Waals surface area contributed by atoms with Crippen LogP contribution >= 0.6 is 34.7 Å². The quantitative estimate of drug-likeness (QED) is 0.426. The summed E-state index contributed by atoms with van der Waals surface area (Å²) in [4.78, 5) is 19.9. The molecule has 3 aromatic rings. The van der Waals surface area contributed by atoms with E-state index < -0.39 is 11.3 Å². The number of ketones is 1. The zero-order chi connectivity index (χ0) is 17.9. The lowest BCUT2D eigenvalue weighted by molar-refractivity contribution is 0.0551. The van der Waals surface area contributed by atoms with Crippen molar-refractivity contribution in [1.29, 1.82) is 0 Å². The van der Waals surface area contributed by atoms with Gasteiger partial charge >= 0.3 is 11.3 Å². The van der Waals surface area contributed by atoms with Gasteiger partial charge in [-0.2, -0.15) is 13.8 Å². The van der Waals surface area contributed by atoms with E-state index in [0.717, 1.165) is 5.69 Å². The lowest BCUT2D eigenvalue weighted by Crippen LogP contribution is -2.03. The highest BCUT2D eigenvalue weighted by Gasteiger charge is 2.35. The molecule has 0 saturated carbocycles. The van der Waals surface area contributed by atoms with Crippen molar-refractivity contribution >= 4 is 40.5 Å². The van der Waals surface area contributed by atoms with Crippen LogP contribution in [0.1, 0.15) is 21.9 Å². The number of benzene rings is 1. The molecule has 0 radical (unpaired) electrons. The zero-order valence-corrected chi connectivity index (χ0v) is 14.9. The van der Waals surface area contributed by atoms with E-state index in [1.54, 1.807) is 29.8 Å². The number of alkyl halides is 3. The first-order valence-electron chi connectivity index (χ1n) is 6.93. The number of thiazole rings is 1. The van der Waals surface area contributed by atoms with Crippen molar-refractivity contribution < 1.29 is 18.1 Å². The number of nitrogens with zero attached hydrogens (tertiary/aromatic N) is 3. The predicted octanol–water partition coefficient (Wildman–Crippen LogP) is 4.60. The summed E-state index contributed by atoms with van der Waals surface area (Å²) in [5.74, 6) is -0.0318. The molecular weight excluding hydrogens is 392 g/mol. The van der Waals surface area contributed by atoms with E-state index in [1.807, 2.05) is 5.38 Å². The number of Topliss-reactive ketones (excluding diaryl/α,β-unsaturated/α-hetero) is 1. The monoisotopic (exact) mass is 401 g/mol. The molecule has 0 amide bonds. The average Bonchev–Trinajstić information content (AvgIpc) is 3.26. The van der Waals surface area contributed by atoms with E-state index in [2.05, 4.69) is 19.6 Å². The van der Waals surface area contributed by atoms with Crippen LogP contribution in [-0.2, 0) is 11.1 Å². The van der Waals surface area contributed by atoms with Gasteiger partial charge in [0.1, 0.15) is 0 Å². The average molecular weight is 402 g/mol. The maximum absolute atomic E-state index is 12.9. The Bertz CT molecular complexity index is 849. The molecule has 2 heterocycles. The minimum atomic E-state index is -3.71. The standard InChI is InChI=1S/C15H10ClF2N3O2S2/c16-15(17,18)14-20-13(21-23-14)10-3-1-9(2-4-10)12(22)7-24-5-11-6-25-8-19-11/h1-4,6,8H,5,7H2. The van der Waals surface area contributed by atoms with Gasteiger partial charge < -0.3 is 4.52 Å². The highest BCUT2D eigenvalue weighted by Crippen LogP contribution is 2.32. The van der Waals surface area contributed by atoms with Crippen molar-refractivity contribution in [3.05, 3.63) is 52.3 Å². The van der Waals surface area contributed by atoms with Gasteiger partial charge in [0, 0.05) is 22.3 Å². The predicted molar refractivity (Wildman–Crippen MR) is 92.1 cm³/mol. The number of hydrogen-bond acceptors (Lipinski definition) is 7. The Balaban J connectivity index is 1.61. The van der Waals surface area contributed by atoms with Gasteiger partial charge in [-0.05, 0) is 11.6 Å². The molecule has 0 saturated heterocycles. The first-order chi connectivity index (χ1) is 11.9. The molecular formula is C15H10ClF2N3O2S2. The Labute approximate surface area is 154 Å². The zero-order valence-electron chi connectivity index (χ0n) is 12.5. The summed E-state index contributed by atoms with van der Waals surface area (Å²) in [6.45, 7) is 0. The second kappa shape index (κ2) is 7.59. The fourth-order valence-electron chi connectivity index (χ4n) is 1.90. The van der Waals surface area contributed by atoms with E-state index in [4.69, 9.17) is 11.6 Å². The fraction of sp³-hybridized carbons (Fsp3) is 0.200. The van der Waals surface area contributed by atoms with Gasteiger partial charge in [0.05, 0.1) is 17.0 Å². The SMILES string of the molecule is O=C(CSCc1cscn1)c1ccc(-c2noc(C(F)(F)Cl)n2)cc1. The molecule has 1 aromatic carbocycles. The minimum Gasteiger partial charge on any atom is -0.331 e. The summed E-state index contributed by atoms with van der Waals surface area (Å²) in [5.41, 5.74) is 3.66. The van der Waals surface area contributed by atoms with Crippen molar-refractivity contribution in [1.82, 2.24) is 15.1 Å². The lowest BCUT2D eigenvalue weighted by Gasteiger charge is -2.02. The number of aromatic nitrogens is 3. The molecule has 0 bridgehead atoms. The Morgan fingerprint density at radius 2 is 2.08 bits per heavy atom. The van der Waals surface area contributed by atoms with E-state index >= 15 is 0 Å². The maximum Gasteiger partial charge on any atom is 0.400 e. The third-order valence-electron chi connectivity index (χ3n) is 3.10. The largest absolute Gasteiger partial charge is 0.400 e. The third kappa shape index (κ3) is 4.62. The first-order valence-corrected chi connectivity index (χ1v) is 9.40. The van der Waals surface area contributed by atoms with Crippen molar-refractivity contribution in [3.8, 4) is 11.4 Å². The van der Waals surface area contributed by atoms with Crippen LogP contribution in [0, 0.1) is 0 Å². The molecule has 130 valence electrons. The molecule has 5 nitrogen and oxygen atoms in total. The van der Waals surface area contributed by atoms with Crippen molar-refractivity contribution in [2.75, 3.05) is 5.75 Å². The number of carbonyl (C=O) groups excluding carboxylic acids is 1. The number of halogens is 3.